The molecule has 0 bridgehead atoms. The van der Waals surface area contributed by atoms with Crippen LogP contribution in [-0.4, -0.2) is 12.5 Å². The standard InChI is InChI=1S/C8H8N4/c1-2-4-7(5-3-1)8-11-9-6-10-12-8/h1-5,9H,6H2. The molecule has 4 heteroatoms. The van der Waals surface area contributed by atoms with Gasteiger partial charge in [0.1, 0.15) is 6.67 Å². The maximum absolute atomic E-state index is 4.01. The van der Waals surface area contributed by atoms with Crippen molar-refractivity contribution in [1.29, 1.82) is 0 Å². The monoisotopic (exact) mass is 160 g/mol. The van der Waals surface area contributed by atoms with Crippen LogP contribution in [0.2, 0.25) is 0 Å². The highest BCUT2D eigenvalue weighted by Crippen LogP contribution is 2.03. The summed E-state index contributed by atoms with van der Waals surface area (Å²) in [5.41, 5.74) is 3.74. The molecule has 0 fully saturated rings. The first-order valence-corrected chi connectivity index (χ1v) is 3.70. The minimum atomic E-state index is 0.469. The zero-order valence-corrected chi connectivity index (χ0v) is 6.44. The maximum atomic E-state index is 4.01. The Hall–Kier alpha value is -1.71. The summed E-state index contributed by atoms with van der Waals surface area (Å²) in [7, 11) is 0. The molecule has 1 N–H and O–H groups in total. The number of benzene rings is 1. The second kappa shape index (κ2) is 3.13. The number of hydrazone groups is 1. The van der Waals surface area contributed by atoms with E-state index in [2.05, 4.69) is 20.8 Å². The number of hydrogen-bond acceptors (Lipinski definition) is 4. The van der Waals surface area contributed by atoms with Gasteiger partial charge in [0.05, 0.1) is 0 Å². The van der Waals surface area contributed by atoms with E-state index in [0.29, 0.717) is 12.5 Å². The third-order valence-corrected chi connectivity index (χ3v) is 1.52. The Kier molecular flexibility index (Phi) is 1.82. The topological polar surface area (TPSA) is 49.1 Å². The first-order valence-electron chi connectivity index (χ1n) is 3.70. The van der Waals surface area contributed by atoms with Gasteiger partial charge in [-0.2, -0.15) is 10.2 Å². The minimum absolute atomic E-state index is 0.469. The van der Waals surface area contributed by atoms with E-state index in [1.807, 2.05) is 30.3 Å². The molecular formula is C8H8N4. The van der Waals surface area contributed by atoms with Crippen molar-refractivity contribution in [3.8, 4) is 0 Å². The average molecular weight is 160 g/mol. The second-order valence-corrected chi connectivity index (χ2v) is 2.36. The normalized spacial score (nSPS) is 15.2. The van der Waals surface area contributed by atoms with E-state index in [4.69, 9.17) is 0 Å². The molecular weight excluding hydrogens is 152 g/mol. The number of azo groups is 1. The van der Waals surface area contributed by atoms with Gasteiger partial charge in [0.2, 0.25) is 0 Å². The van der Waals surface area contributed by atoms with E-state index in [-0.39, 0.29) is 0 Å². The van der Waals surface area contributed by atoms with Crippen molar-refractivity contribution in [2.75, 3.05) is 6.67 Å². The van der Waals surface area contributed by atoms with Crippen LogP contribution >= 0.6 is 0 Å². The first-order chi connectivity index (χ1) is 5.97. The Balaban J connectivity index is 2.31. The van der Waals surface area contributed by atoms with Gasteiger partial charge in [0, 0.05) is 5.56 Å². The molecule has 1 aliphatic heterocycles. The SMILES string of the molecule is c1ccc(C2=NNCN=N2)cc1. The zero-order chi connectivity index (χ0) is 8.23. The molecule has 1 aromatic rings. The molecule has 0 aromatic heterocycles. The molecule has 1 aromatic carbocycles. The molecule has 1 aliphatic rings. The van der Waals surface area contributed by atoms with Gasteiger partial charge >= 0.3 is 0 Å². The Morgan fingerprint density at radius 3 is 2.67 bits per heavy atom. The average Bonchev–Trinajstić information content (AvgIpc) is 2.21. The Labute approximate surface area is 70.0 Å². The smallest absolute Gasteiger partial charge is 0.200 e. The van der Waals surface area contributed by atoms with Crippen molar-refractivity contribution in [1.82, 2.24) is 5.43 Å². The van der Waals surface area contributed by atoms with Gasteiger partial charge in [0.15, 0.2) is 5.84 Å². The van der Waals surface area contributed by atoms with E-state index in [9.17, 15) is 0 Å². The Bertz CT molecular complexity index is 315. The molecule has 0 radical (unpaired) electrons. The minimum Gasteiger partial charge on any atom is -0.285 e. The number of rotatable bonds is 1. The lowest BCUT2D eigenvalue weighted by Crippen LogP contribution is -2.14. The van der Waals surface area contributed by atoms with Gasteiger partial charge in [-0.1, -0.05) is 30.3 Å². The van der Waals surface area contributed by atoms with Gasteiger partial charge in [0.25, 0.3) is 0 Å². The van der Waals surface area contributed by atoms with Crippen molar-refractivity contribution in [2.45, 2.75) is 0 Å². The summed E-state index contributed by atoms with van der Waals surface area (Å²) in [4.78, 5) is 0. The fraction of sp³-hybridized carbons (Fsp3) is 0.125. The van der Waals surface area contributed by atoms with Gasteiger partial charge < -0.3 is 0 Å². The molecule has 60 valence electrons. The van der Waals surface area contributed by atoms with Gasteiger partial charge in [-0.3, -0.25) is 5.43 Å². The van der Waals surface area contributed by atoms with E-state index >= 15 is 0 Å². The van der Waals surface area contributed by atoms with E-state index in [0.717, 1.165) is 5.56 Å². The summed E-state index contributed by atoms with van der Waals surface area (Å²) in [5.74, 6) is 0.641. The van der Waals surface area contributed by atoms with Crippen molar-refractivity contribution in [2.24, 2.45) is 15.3 Å². The predicted molar refractivity (Wildman–Crippen MR) is 45.8 cm³/mol. The summed E-state index contributed by atoms with van der Waals surface area (Å²) in [6.07, 6.45) is 0. The van der Waals surface area contributed by atoms with Gasteiger partial charge in [-0.25, -0.2) is 0 Å². The van der Waals surface area contributed by atoms with Crippen LogP contribution in [0.25, 0.3) is 0 Å². The molecule has 4 nitrogen and oxygen atoms in total. The zero-order valence-electron chi connectivity index (χ0n) is 6.44. The van der Waals surface area contributed by atoms with Crippen LogP contribution in [0.1, 0.15) is 5.56 Å². The van der Waals surface area contributed by atoms with Crippen LogP contribution in [0, 0.1) is 0 Å². The van der Waals surface area contributed by atoms with Crippen molar-refractivity contribution >= 4 is 5.84 Å². The van der Waals surface area contributed by atoms with Crippen molar-refractivity contribution < 1.29 is 0 Å². The fourth-order valence-electron chi connectivity index (χ4n) is 0.976. The molecule has 0 atom stereocenters. The van der Waals surface area contributed by atoms with Gasteiger partial charge in [-0.15, -0.1) is 5.11 Å². The molecule has 0 amide bonds. The summed E-state index contributed by atoms with van der Waals surface area (Å²) in [5, 5.41) is 11.7. The molecule has 2 rings (SSSR count). The summed E-state index contributed by atoms with van der Waals surface area (Å²) in [6.45, 7) is 0.469. The summed E-state index contributed by atoms with van der Waals surface area (Å²) in [6, 6.07) is 9.75. The van der Waals surface area contributed by atoms with E-state index in [1.165, 1.54) is 0 Å². The third kappa shape index (κ3) is 1.32. The number of nitrogens with zero attached hydrogens (tertiary/aromatic N) is 3. The van der Waals surface area contributed by atoms with Crippen LogP contribution in [0.15, 0.2) is 45.7 Å². The number of nitrogens with one attached hydrogen (secondary N) is 1. The van der Waals surface area contributed by atoms with Crippen molar-refractivity contribution in [3.05, 3.63) is 35.9 Å². The molecule has 0 aliphatic carbocycles. The number of hydrogen-bond donors (Lipinski definition) is 1. The Morgan fingerprint density at radius 1 is 1.17 bits per heavy atom. The quantitative estimate of drug-likeness (QED) is 0.662. The van der Waals surface area contributed by atoms with Crippen LogP contribution in [0.3, 0.4) is 0 Å². The lowest BCUT2D eigenvalue weighted by Gasteiger charge is -2.04. The lowest BCUT2D eigenvalue weighted by molar-refractivity contribution is 0.709. The van der Waals surface area contributed by atoms with Crippen LogP contribution < -0.4 is 5.43 Å². The summed E-state index contributed by atoms with van der Waals surface area (Å²) >= 11 is 0. The van der Waals surface area contributed by atoms with E-state index in [1.54, 1.807) is 0 Å². The molecule has 0 saturated heterocycles. The number of amidine groups is 1. The highest BCUT2D eigenvalue weighted by atomic mass is 15.4. The maximum Gasteiger partial charge on any atom is 0.200 e. The highest BCUT2D eigenvalue weighted by molar-refractivity contribution is 5.99. The first kappa shape index (κ1) is 6.97. The fourth-order valence-corrected chi connectivity index (χ4v) is 0.976. The molecule has 12 heavy (non-hydrogen) atoms. The third-order valence-electron chi connectivity index (χ3n) is 1.52. The molecule has 0 spiro atoms. The summed E-state index contributed by atoms with van der Waals surface area (Å²) < 4.78 is 0. The lowest BCUT2D eigenvalue weighted by atomic mass is 10.2. The molecule has 0 unspecified atom stereocenters. The Morgan fingerprint density at radius 2 is 2.00 bits per heavy atom. The molecule has 0 saturated carbocycles. The van der Waals surface area contributed by atoms with Crippen molar-refractivity contribution in [3.63, 3.8) is 0 Å². The largest absolute Gasteiger partial charge is 0.285 e. The van der Waals surface area contributed by atoms with Crippen LogP contribution in [0.4, 0.5) is 0 Å². The molecule has 1 heterocycles. The predicted octanol–water partition coefficient (Wildman–Crippen LogP) is 1.36. The van der Waals surface area contributed by atoms with Gasteiger partial charge in [-0.05, 0) is 0 Å². The van der Waals surface area contributed by atoms with Crippen LogP contribution in [-0.2, 0) is 0 Å². The second-order valence-electron chi connectivity index (χ2n) is 2.36. The van der Waals surface area contributed by atoms with E-state index < -0.39 is 0 Å². The van der Waals surface area contributed by atoms with Crippen LogP contribution in [0.5, 0.6) is 0 Å². The highest BCUT2D eigenvalue weighted by Gasteiger charge is 2.02.